The number of halogens is 1. The zero-order valence-corrected chi connectivity index (χ0v) is 17.3. The maximum absolute atomic E-state index is 13.8. The third-order valence-electron chi connectivity index (χ3n) is 4.99. The molecule has 0 saturated carbocycles. The van der Waals surface area contributed by atoms with Gasteiger partial charge in [0.05, 0.1) is 10.5 Å². The lowest BCUT2D eigenvalue weighted by Gasteiger charge is -2.14. The minimum atomic E-state index is -1.04. The van der Waals surface area contributed by atoms with Gasteiger partial charge >= 0.3 is 5.97 Å². The van der Waals surface area contributed by atoms with Gasteiger partial charge in [0.25, 0.3) is 23.4 Å². The lowest BCUT2D eigenvalue weighted by molar-refractivity contribution is -0.385. The highest BCUT2D eigenvalue weighted by Gasteiger charge is 2.42. The topological polar surface area (TPSA) is 146 Å². The van der Waals surface area contributed by atoms with E-state index in [2.05, 4.69) is 10.1 Å². The van der Waals surface area contributed by atoms with Gasteiger partial charge in [0, 0.05) is 11.6 Å². The van der Waals surface area contributed by atoms with Crippen molar-refractivity contribution in [3.63, 3.8) is 0 Å². The molecule has 168 valence electrons. The Morgan fingerprint density at radius 3 is 2.73 bits per heavy atom. The Balaban J connectivity index is 1.45. The summed E-state index contributed by atoms with van der Waals surface area (Å²) in [4.78, 5) is 52.5. The first kappa shape index (κ1) is 21.7. The number of nitro groups is 1. The van der Waals surface area contributed by atoms with Crippen LogP contribution in [0.1, 0.15) is 45.2 Å². The van der Waals surface area contributed by atoms with Gasteiger partial charge in [0.2, 0.25) is 5.82 Å². The molecule has 3 aromatic rings. The van der Waals surface area contributed by atoms with Crippen molar-refractivity contribution in [3.8, 4) is 11.4 Å². The number of carbonyl (C=O) groups excluding carboxylic acids is 3. The van der Waals surface area contributed by atoms with Gasteiger partial charge in [-0.3, -0.25) is 29.4 Å². The van der Waals surface area contributed by atoms with Crippen LogP contribution in [0.15, 0.2) is 40.9 Å². The molecule has 11 nitrogen and oxygen atoms in total. The van der Waals surface area contributed by atoms with Crippen LogP contribution in [0.25, 0.3) is 11.4 Å². The average Bonchev–Trinajstić information content (AvgIpc) is 3.36. The van der Waals surface area contributed by atoms with Crippen LogP contribution in [-0.2, 0) is 9.53 Å². The summed E-state index contributed by atoms with van der Waals surface area (Å²) in [7, 11) is 0. The van der Waals surface area contributed by atoms with Crippen LogP contribution in [0.4, 0.5) is 10.1 Å². The second-order valence-electron chi connectivity index (χ2n) is 7.21. The minimum absolute atomic E-state index is 0.0828. The standard InChI is InChI=1S/C21H15FN4O7/c1-10-6-7-12(8-14(10)22)18-23-19(33-24-18)11(2)32-16(27)9-25-20(28)13-4-3-5-15(26(30)31)17(13)21(25)29/h3-8,11H,9H2,1-2H3. The predicted molar refractivity (Wildman–Crippen MR) is 107 cm³/mol. The maximum Gasteiger partial charge on any atom is 0.326 e. The van der Waals surface area contributed by atoms with Crippen molar-refractivity contribution in [1.82, 2.24) is 15.0 Å². The summed E-state index contributed by atoms with van der Waals surface area (Å²) in [6, 6.07) is 8.04. The number of esters is 1. The van der Waals surface area contributed by atoms with E-state index in [1.807, 2.05) is 0 Å². The Kier molecular flexibility index (Phi) is 5.42. The first-order valence-electron chi connectivity index (χ1n) is 9.60. The molecule has 0 saturated heterocycles. The third kappa shape index (κ3) is 3.93. The number of aromatic nitrogens is 2. The van der Waals surface area contributed by atoms with E-state index in [0.717, 1.165) is 6.07 Å². The Hall–Kier alpha value is -4.48. The molecule has 0 radical (unpaired) electrons. The molecule has 2 heterocycles. The fraction of sp³-hybridized carbons (Fsp3) is 0.190. The summed E-state index contributed by atoms with van der Waals surface area (Å²) in [6.45, 7) is 2.27. The zero-order valence-electron chi connectivity index (χ0n) is 17.3. The number of imide groups is 1. The van der Waals surface area contributed by atoms with Crippen molar-refractivity contribution in [2.24, 2.45) is 0 Å². The van der Waals surface area contributed by atoms with E-state index < -0.39 is 46.9 Å². The second-order valence-corrected chi connectivity index (χ2v) is 7.21. The summed E-state index contributed by atoms with van der Waals surface area (Å²) in [5, 5.41) is 14.9. The third-order valence-corrected chi connectivity index (χ3v) is 4.99. The molecule has 1 aromatic heterocycles. The fourth-order valence-corrected chi connectivity index (χ4v) is 3.27. The van der Waals surface area contributed by atoms with Crippen molar-refractivity contribution in [3.05, 3.63) is 74.9 Å². The number of ether oxygens (including phenoxy) is 1. The molecule has 1 aliphatic heterocycles. The van der Waals surface area contributed by atoms with E-state index in [-0.39, 0.29) is 22.8 Å². The molecule has 0 aliphatic carbocycles. The Bertz CT molecular complexity index is 1320. The zero-order chi connectivity index (χ0) is 23.9. The molecule has 2 amide bonds. The SMILES string of the molecule is Cc1ccc(-c2noc(C(C)OC(=O)CN3C(=O)c4cccc([N+](=O)[O-])c4C3=O)n2)cc1F. The van der Waals surface area contributed by atoms with Crippen LogP contribution in [0.2, 0.25) is 0 Å². The van der Waals surface area contributed by atoms with Crippen molar-refractivity contribution >= 4 is 23.5 Å². The number of amides is 2. The number of nitrogens with zero attached hydrogens (tertiary/aromatic N) is 4. The number of carbonyl (C=O) groups is 3. The average molecular weight is 454 g/mol. The van der Waals surface area contributed by atoms with Crippen molar-refractivity contribution in [2.45, 2.75) is 20.0 Å². The van der Waals surface area contributed by atoms with Gasteiger partial charge in [-0.05, 0) is 31.5 Å². The summed E-state index contributed by atoms with van der Waals surface area (Å²) in [5.74, 6) is -3.23. The van der Waals surface area contributed by atoms with Gasteiger partial charge < -0.3 is 9.26 Å². The van der Waals surface area contributed by atoms with Gasteiger partial charge in [-0.1, -0.05) is 23.4 Å². The molecule has 1 unspecified atom stereocenters. The largest absolute Gasteiger partial charge is 0.451 e. The van der Waals surface area contributed by atoms with Crippen molar-refractivity contribution in [1.29, 1.82) is 0 Å². The number of rotatable bonds is 6. The lowest BCUT2D eigenvalue weighted by Crippen LogP contribution is -2.36. The molecule has 1 atom stereocenters. The van der Waals surface area contributed by atoms with Crippen LogP contribution in [0.5, 0.6) is 0 Å². The number of hydrogen-bond donors (Lipinski definition) is 0. The highest BCUT2D eigenvalue weighted by Crippen LogP contribution is 2.31. The van der Waals surface area contributed by atoms with Crippen LogP contribution < -0.4 is 0 Å². The molecule has 1 aliphatic rings. The number of hydrogen-bond acceptors (Lipinski definition) is 9. The summed E-state index contributed by atoms with van der Waals surface area (Å²) < 4.78 is 24.0. The quantitative estimate of drug-likeness (QED) is 0.237. The molecule has 0 bridgehead atoms. The molecular weight excluding hydrogens is 439 g/mol. The fourth-order valence-electron chi connectivity index (χ4n) is 3.27. The van der Waals surface area contributed by atoms with Crippen LogP contribution in [0.3, 0.4) is 0 Å². The second kappa shape index (κ2) is 8.22. The smallest absolute Gasteiger partial charge is 0.326 e. The minimum Gasteiger partial charge on any atom is -0.451 e. The lowest BCUT2D eigenvalue weighted by atomic mass is 10.1. The van der Waals surface area contributed by atoms with Crippen LogP contribution in [0, 0.1) is 22.9 Å². The van der Waals surface area contributed by atoms with Gasteiger partial charge in [-0.2, -0.15) is 4.98 Å². The molecule has 12 heteroatoms. The first-order valence-corrected chi connectivity index (χ1v) is 9.60. The van der Waals surface area contributed by atoms with E-state index in [0.29, 0.717) is 16.0 Å². The van der Waals surface area contributed by atoms with E-state index in [4.69, 9.17) is 9.26 Å². The molecule has 2 aromatic carbocycles. The first-order chi connectivity index (χ1) is 15.7. The summed E-state index contributed by atoms with van der Waals surface area (Å²) in [5.41, 5.74) is -0.259. The van der Waals surface area contributed by atoms with Crippen molar-refractivity contribution < 1.29 is 33.0 Å². The number of aryl methyl sites for hydroxylation is 1. The van der Waals surface area contributed by atoms with Gasteiger partial charge in [-0.25, -0.2) is 4.39 Å². The molecule has 0 spiro atoms. The highest BCUT2D eigenvalue weighted by atomic mass is 19.1. The Morgan fingerprint density at radius 2 is 2.03 bits per heavy atom. The van der Waals surface area contributed by atoms with Crippen molar-refractivity contribution in [2.75, 3.05) is 6.54 Å². The monoisotopic (exact) mass is 454 g/mol. The molecular formula is C21H15FN4O7. The highest BCUT2D eigenvalue weighted by molar-refractivity contribution is 6.24. The number of fused-ring (bicyclic) bond motifs is 1. The Morgan fingerprint density at radius 1 is 1.27 bits per heavy atom. The molecule has 33 heavy (non-hydrogen) atoms. The maximum atomic E-state index is 13.8. The van der Waals surface area contributed by atoms with E-state index in [1.165, 1.54) is 25.1 Å². The van der Waals surface area contributed by atoms with Gasteiger partial charge in [-0.15, -0.1) is 0 Å². The predicted octanol–water partition coefficient (Wildman–Crippen LogP) is 2.99. The Labute approximate surface area is 184 Å². The summed E-state index contributed by atoms with van der Waals surface area (Å²) >= 11 is 0. The van der Waals surface area contributed by atoms with E-state index >= 15 is 0 Å². The van der Waals surface area contributed by atoms with E-state index in [9.17, 15) is 28.9 Å². The molecule has 4 rings (SSSR count). The van der Waals surface area contributed by atoms with Crippen LogP contribution in [-0.4, -0.2) is 44.3 Å². The number of benzene rings is 2. The van der Waals surface area contributed by atoms with Gasteiger partial charge in [0.15, 0.2) is 6.10 Å². The number of nitro benzene ring substituents is 1. The molecule has 0 fully saturated rings. The van der Waals surface area contributed by atoms with E-state index in [1.54, 1.807) is 19.1 Å². The van der Waals surface area contributed by atoms with Gasteiger partial charge in [0.1, 0.15) is 17.9 Å². The molecule has 0 N–H and O–H groups in total. The normalized spacial score (nSPS) is 13.7. The van der Waals surface area contributed by atoms with Crippen LogP contribution >= 0.6 is 0 Å². The summed E-state index contributed by atoms with van der Waals surface area (Å²) in [6.07, 6.45) is -1.04.